The Kier molecular flexibility index (Phi) is 6.33. The Morgan fingerprint density at radius 1 is 1.67 bits per heavy atom. The molecule has 0 saturated carbocycles. The van der Waals surface area contributed by atoms with Crippen LogP contribution >= 0.6 is 23.4 Å². The van der Waals surface area contributed by atoms with Crippen molar-refractivity contribution >= 4 is 23.4 Å². The van der Waals surface area contributed by atoms with E-state index in [1.165, 1.54) is 0 Å². The predicted octanol–water partition coefficient (Wildman–Crippen LogP) is 3.05. The highest BCUT2D eigenvalue weighted by atomic mass is 35.5. The van der Waals surface area contributed by atoms with Gasteiger partial charge >= 0.3 is 0 Å². The molecule has 0 aromatic carbocycles. The van der Waals surface area contributed by atoms with E-state index in [9.17, 15) is 0 Å². The SMILES string of the molecule is C=CCCSCC(=C)Cl. The Bertz CT molecular complexity index is 99.1. The van der Waals surface area contributed by atoms with Crippen molar-refractivity contribution in [1.82, 2.24) is 0 Å². The standard InChI is InChI=1S/C7H11ClS/c1-3-4-5-9-6-7(2)8/h3H,1-2,4-6H2. The van der Waals surface area contributed by atoms with Gasteiger partial charge in [-0.25, -0.2) is 0 Å². The Hall–Kier alpha value is 0.120. The van der Waals surface area contributed by atoms with Gasteiger partial charge in [0.2, 0.25) is 0 Å². The number of hydrogen-bond donors (Lipinski definition) is 0. The Morgan fingerprint density at radius 2 is 2.33 bits per heavy atom. The zero-order valence-corrected chi connectivity index (χ0v) is 6.97. The molecule has 0 nitrogen and oxygen atoms in total. The van der Waals surface area contributed by atoms with Crippen molar-refractivity contribution in [3.05, 3.63) is 24.3 Å². The monoisotopic (exact) mass is 162 g/mol. The Balaban J connectivity index is 2.91. The van der Waals surface area contributed by atoms with Crippen LogP contribution in [0.3, 0.4) is 0 Å². The molecule has 0 aromatic rings. The van der Waals surface area contributed by atoms with Gasteiger partial charge in [0.25, 0.3) is 0 Å². The fraction of sp³-hybridized carbons (Fsp3) is 0.429. The van der Waals surface area contributed by atoms with Crippen LogP contribution in [0.15, 0.2) is 24.3 Å². The minimum Gasteiger partial charge on any atom is -0.156 e. The van der Waals surface area contributed by atoms with Crippen LogP contribution in [0.2, 0.25) is 0 Å². The van der Waals surface area contributed by atoms with Crippen LogP contribution in [-0.2, 0) is 0 Å². The summed E-state index contributed by atoms with van der Waals surface area (Å²) in [6, 6.07) is 0. The average Bonchev–Trinajstić information content (AvgIpc) is 1.80. The minimum atomic E-state index is 0.726. The van der Waals surface area contributed by atoms with E-state index in [-0.39, 0.29) is 0 Å². The number of rotatable bonds is 5. The van der Waals surface area contributed by atoms with Gasteiger partial charge < -0.3 is 0 Å². The van der Waals surface area contributed by atoms with Gasteiger partial charge in [0.15, 0.2) is 0 Å². The quantitative estimate of drug-likeness (QED) is 0.443. The molecule has 52 valence electrons. The molecule has 0 aliphatic heterocycles. The van der Waals surface area contributed by atoms with Gasteiger partial charge in [-0.1, -0.05) is 24.3 Å². The van der Waals surface area contributed by atoms with E-state index in [1.807, 2.05) is 6.08 Å². The topological polar surface area (TPSA) is 0 Å². The lowest BCUT2D eigenvalue weighted by Gasteiger charge is -1.94. The summed E-state index contributed by atoms with van der Waals surface area (Å²) >= 11 is 7.30. The average molecular weight is 163 g/mol. The van der Waals surface area contributed by atoms with Crippen molar-refractivity contribution in [2.75, 3.05) is 11.5 Å². The fourth-order valence-corrected chi connectivity index (χ4v) is 1.28. The van der Waals surface area contributed by atoms with Gasteiger partial charge in [-0.15, -0.1) is 6.58 Å². The first-order valence-corrected chi connectivity index (χ1v) is 4.32. The number of allylic oxidation sites excluding steroid dienone is 1. The van der Waals surface area contributed by atoms with Crippen LogP contribution in [0, 0.1) is 0 Å². The number of thioether (sulfide) groups is 1. The van der Waals surface area contributed by atoms with Gasteiger partial charge in [0, 0.05) is 10.8 Å². The molecule has 2 heteroatoms. The summed E-state index contributed by atoms with van der Waals surface area (Å²) in [4.78, 5) is 0. The summed E-state index contributed by atoms with van der Waals surface area (Å²) in [7, 11) is 0. The largest absolute Gasteiger partial charge is 0.156 e. The number of halogens is 1. The smallest absolute Gasteiger partial charge is 0.0286 e. The van der Waals surface area contributed by atoms with Crippen molar-refractivity contribution < 1.29 is 0 Å². The van der Waals surface area contributed by atoms with Crippen molar-refractivity contribution in [3.8, 4) is 0 Å². The highest BCUT2D eigenvalue weighted by molar-refractivity contribution is 7.99. The van der Waals surface area contributed by atoms with Crippen LogP contribution in [0.4, 0.5) is 0 Å². The van der Waals surface area contributed by atoms with E-state index >= 15 is 0 Å². The third-order valence-corrected chi connectivity index (χ3v) is 2.09. The summed E-state index contributed by atoms with van der Waals surface area (Å²) in [6.07, 6.45) is 2.96. The van der Waals surface area contributed by atoms with Gasteiger partial charge in [-0.05, 0) is 12.2 Å². The maximum atomic E-state index is 5.52. The van der Waals surface area contributed by atoms with E-state index < -0.39 is 0 Å². The van der Waals surface area contributed by atoms with E-state index in [0.717, 1.165) is 23.0 Å². The van der Waals surface area contributed by atoms with Crippen LogP contribution < -0.4 is 0 Å². The molecule has 0 spiro atoms. The highest BCUT2D eigenvalue weighted by Gasteiger charge is 1.87. The molecule has 0 radical (unpaired) electrons. The molecule has 0 heterocycles. The third kappa shape index (κ3) is 8.12. The minimum absolute atomic E-state index is 0.726. The third-order valence-electron chi connectivity index (χ3n) is 0.725. The first-order chi connectivity index (χ1) is 4.27. The van der Waals surface area contributed by atoms with Crippen molar-refractivity contribution in [2.24, 2.45) is 0 Å². The molecule has 0 bridgehead atoms. The molecule has 0 aliphatic rings. The maximum absolute atomic E-state index is 5.52. The maximum Gasteiger partial charge on any atom is 0.0286 e. The Labute approximate surface area is 66.0 Å². The van der Waals surface area contributed by atoms with Crippen molar-refractivity contribution in [1.29, 1.82) is 0 Å². The summed E-state index contributed by atoms with van der Waals surface area (Å²) in [5.41, 5.74) is 0. The Morgan fingerprint density at radius 3 is 2.78 bits per heavy atom. The molecule has 0 atom stereocenters. The van der Waals surface area contributed by atoms with Gasteiger partial charge in [0.1, 0.15) is 0 Å². The first-order valence-electron chi connectivity index (χ1n) is 2.79. The normalized spacial score (nSPS) is 9.00. The van der Waals surface area contributed by atoms with Crippen LogP contribution in [-0.4, -0.2) is 11.5 Å². The van der Waals surface area contributed by atoms with Gasteiger partial charge in [-0.2, -0.15) is 11.8 Å². The zero-order valence-electron chi connectivity index (χ0n) is 5.40. The summed E-state index contributed by atoms with van der Waals surface area (Å²) in [5.74, 6) is 1.95. The van der Waals surface area contributed by atoms with Crippen LogP contribution in [0.5, 0.6) is 0 Å². The molecule has 0 N–H and O–H groups in total. The second kappa shape index (κ2) is 6.24. The molecule has 0 aromatic heterocycles. The zero-order chi connectivity index (χ0) is 7.11. The summed E-state index contributed by atoms with van der Waals surface area (Å²) in [5, 5.41) is 0.726. The molecular formula is C7H11ClS. The van der Waals surface area contributed by atoms with Crippen molar-refractivity contribution in [3.63, 3.8) is 0 Å². The summed E-state index contributed by atoms with van der Waals surface area (Å²) < 4.78 is 0. The second-order valence-electron chi connectivity index (χ2n) is 1.65. The molecule has 0 unspecified atom stereocenters. The van der Waals surface area contributed by atoms with Crippen molar-refractivity contribution in [2.45, 2.75) is 6.42 Å². The fourth-order valence-electron chi connectivity index (χ4n) is 0.350. The molecule has 0 fully saturated rings. The lowest BCUT2D eigenvalue weighted by molar-refractivity contribution is 1.25. The predicted molar refractivity (Wildman–Crippen MR) is 47.1 cm³/mol. The lowest BCUT2D eigenvalue weighted by atomic mass is 10.5. The molecule has 0 rings (SSSR count). The molecule has 0 saturated heterocycles. The molecule has 0 aliphatic carbocycles. The highest BCUT2D eigenvalue weighted by Crippen LogP contribution is 2.09. The molecular weight excluding hydrogens is 152 g/mol. The first kappa shape index (κ1) is 9.12. The second-order valence-corrected chi connectivity index (χ2v) is 3.29. The van der Waals surface area contributed by atoms with Gasteiger partial charge in [-0.3, -0.25) is 0 Å². The van der Waals surface area contributed by atoms with Crippen LogP contribution in [0.25, 0.3) is 0 Å². The van der Waals surface area contributed by atoms with Crippen LogP contribution in [0.1, 0.15) is 6.42 Å². The summed E-state index contributed by atoms with van der Waals surface area (Å²) in [6.45, 7) is 7.18. The van der Waals surface area contributed by atoms with Gasteiger partial charge in [0.05, 0.1) is 0 Å². The van der Waals surface area contributed by atoms with E-state index in [1.54, 1.807) is 11.8 Å². The molecule has 9 heavy (non-hydrogen) atoms. The van der Waals surface area contributed by atoms with E-state index in [2.05, 4.69) is 13.2 Å². The molecule has 0 amide bonds. The van der Waals surface area contributed by atoms with E-state index in [4.69, 9.17) is 11.6 Å². The van der Waals surface area contributed by atoms with E-state index in [0.29, 0.717) is 0 Å². The lowest BCUT2D eigenvalue weighted by Crippen LogP contribution is -1.79. The number of hydrogen-bond acceptors (Lipinski definition) is 1.